The van der Waals surface area contributed by atoms with Crippen LogP contribution in [0.3, 0.4) is 0 Å². The number of amides is 1. The number of rotatable bonds is 6. The number of ether oxygens (including phenoxy) is 2. The summed E-state index contributed by atoms with van der Waals surface area (Å²) in [5.74, 6) is 1.08. The number of fused-ring (bicyclic) bond motifs is 1. The highest BCUT2D eigenvalue weighted by molar-refractivity contribution is 7.16. The van der Waals surface area contributed by atoms with Crippen molar-refractivity contribution in [3.8, 4) is 11.5 Å². The van der Waals surface area contributed by atoms with Crippen LogP contribution >= 0.6 is 22.7 Å². The molecular weight excluding hydrogens is 404 g/mol. The van der Waals surface area contributed by atoms with Crippen LogP contribution in [0.15, 0.2) is 34.6 Å². The maximum atomic E-state index is 13.2. The van der Waals surface area contributed by atoms with Gasteiger partial charge < -0.3 is 14.8 Å². The first-order chi connectivity index (χ1) is 14.1. The topological polar surface area (TPSA) is 59.9 Å². The number of anilines is 1. The maximum Gasteiger partial charge on any atom is 0.259 e. The third kappa shape index (κ3) is 3.93. The van der Waals surface area contributed by atoms with Crippen molar-refractivity contribution in [1.29, 1.82) is 0 Å². The molecule has 1 N–H and O–H groups in total. The van der Waals surface area contributed by atoms with E-state index < -0.39 is 0 Å². The second-order valence-electron chi connectivity index (χ2n) is 6.78. The lowest BCUT2D eigenvalue weighted by atomic mass is 10.1. The number of carbonyl (C=O) groups excluding carboxylic acids is 1. The first kappa shape index (κ1) is 19.7. The molecular formula is C22H22N2O3S2. The van der Waals surface area contributed by atoms with Gasteiger partial charge in [0.1, 0.15) is 16.5 Å². The first-order valence-corrected chi connectivity index (χ1v) is 11.1. The summed E-state index contributed by atoms with van der Waals surface area (Å²) in [6.45, 7) is 2.07. The molecule has 0 saturated heterocycles. The molecule has 0 unspecified atom stereocenters. The standard InChI is InChI=1S/C22H22N2O3S2/c1-13-9-10-28-19(13)12-23-22-20(15-5-4-6-18(15)29-22)21(25)24-16-8-7-14(26-2)11-17(16)27-3/h7-12H,4-6H2,1-3H3,(H,24,25)/b23-12+. The van der Waals surface area contributed by atoms with Crippen LogP contribution in [-0.4, -0.2) is 26.3 Å². The Morgan fingerprint density at radius 1 is 1.21 bits per heavy atom. The summed E-state index contributed by atoms with van der Waals surface area (Å²) >= 11 is 3.28. The molecule has 29 heavy (non-hydrogen) atoms. The van der Waals surface area contributed by atoms with Crippen LogP contribution in [-0.2, 0) is 12.8 Å². The molecule has 0 atom stereocenters. The number of thiophene rings is 2. The first-order valence-electron chi connectivity index (χ1n) is 9.36. The number of aliphatic imine (C=N–C) groups is 1. The summed E-state index contributed by atoms with van der Waals surface area (Å²) < 4.78 is 10.7. The van der Waals surface area contributed by atoms with E-state index in [4.69, 9.17) is 14.5 Å². The molecule has 1 amide bonds. The molecule has 150 valence electrons. The van der Waals surface area contributed by atoms with Crippen LogP contribution < -0.4 is 14.8 Å². The maximum absolute atomic E-state index is 13.2. The van der Waals surface area contributed by atoms with Crippen molar-refractivity contribution in [3.63, 3.8) is 0 Å². The highest BCUT2D eigenvalue weighted by Crippen LogP contribution is 2.41. The van der Waals surface area contributed by atoms with Crippen molar-refractivity contribution in [1.82, 2.24) is 0 Å². The van der Waals surface area contributed by atoms with Crippen molar-refractivity contribution in [3.05, 3.63) is 56.1 Å². The van der Waals surface area contributed by atoms with E-state index in [9.17, 15) is 4.79 Å². The van der Waals surface area contributed by atoms with E-state index in [1.54, 1.807) is 55.1 Å². The zero-order valence-electron chi connectivity index (χ0n) is 16.6. The molecule has 2 heterocycles. The number of nitrogens with one attached hydrogen (secondary N) is 1. The highest BCUT2D eigenvalue weighted by Gasteiger charge is 2.27. The summed E-state index contributed by atoms with van der Waals surface area (Å²) in [5, 5.41) is 5.83. The van der Waals surface area contributed by atoms with Gasteiger partial charge in [0.05, 0.1) is 25.5 Å². The molecule has 0 fully saturated rings. The van der Waals surface area contributed by atoms with Gasteiger partial charge in [0.15, 0.2) is 0 Å². The lowest BCUT2D eigenvalue weighted by Crippen LogP contribution is -2.14. The molecule has 3 aromatic rings. The Morgan fingerprint density at radius 3 is 2.79 bits per heavy atom. The van der Waals surface area contributed by atoms with Crippen molar-refractivity contribution in [2.24, 2.45) is 4.99 Å². The number of nitrogens with zero attached hydrogens (tertiary/aromatic N) is 1. The lowest BCUT2D eigenvalue weighted by molar-refractivity contribution is 0.102. The quantitative estimate of drug-likeness (QED) is 0.520. The summed E-state index contributed by atoms with van der Waals surface area (Å²) in [6, 6.07) is 7.42. The van der Waals surface area contributed by atoms with E-state index >= 15 is 0 Å². The fourth-order valence-corrected chi connectivity index (χ4v) is 5.45. The second-order valence-corrected chi connectivity index (χ2v) is 8.82. The average Bonchev–Trinajstić information content (AvgIpc) is 3.42. The van der Waals surface area contributed by atoms with E-state index in [1.165, 1.54) is 10.4 Å². The van der Waals surface area contributed by atoms with Crippen LogP contribution in [0.25, 0.3) is 0 Å². The van der Waals surface area contributed by atoms with Gasteiger partial charge in [0.25, 0.3) is 5.91 Å². The Morgan fingerprint density at radius 2 is 2.07 bits per heavy atom. The number of aryl methyl sites for hydroxylation is 2. The Balaban J connectivity index is 1.66. The molecule has 4 rings (SSSR count). The minimum atomic E-state index is -0.150. The van der Waals surface area contributed by atoms with E-state index in [2.05, 4.69) is 23.7 Å². The summed E-state index contributed by atoms with van der Waals surface area (Å²) in [6.07, 6.45) is 4.88. The molecule has 7 heteroatoms. The summed E-state index contributed by atoms with van der Waals surface area (Å²) in [5.41, 5.74) is 3.62. The monoisotopic (exact) mass is 426 g/mol. The number of hydrogen-bond acceptors (Lipinski definition) is 6. The molecule has 0 radical (unpaired) electrons. The predicted octanol–water partition coefficient (Wildman–Crippen LogP) is 5.63. The summed E-state index contributed by atoms with van der Waals surface area (Å²) in [7, 11) is 3.17. The predicted molar refractivity (Wildman–Crippen MR) is 120 cm³/mol. The van der Waals surface area contributed by atoms with Gasteiger partial charge in [-0.3, -0.25) is 4.79 Å². The van der Waals surface area contributed by atoms with Gasteiger partial charge in [0, 0.05) is 22.0 Å². The molecule has 1 aliphatic rings. The van der Waals surface area contributed by atoms with E-state index in [0.29, 0.717) is 22.7 Å². The van der Waals surface area contributed by atoms with E-state index in [-0.39, 0.29) is 5.91 Å². The normalized spacial score (nSPS) is 12.9. The smallest absolute Gasteiger partial charge is 0.259 e. The third-order valence-electron chi connectivity index (χ3n) is 4.99. The van der Waals surface area contributed by atoms with Crippen LogP contribution in [0.2, 0.25) is 0 Å². The second kappa shape index (κ2) is 8.39. The van der Waals surface area contributed by atoms with Crippen LogP contribution in [0, 0.1) is 6.92 Å². The Kier molecular flexibility index (Phi) is 5.69. The van der Waals surface area contributed by atoms with Gasteiger partial charge in [-0.25, -0.2) is 4.99 Å². The molecule has 5 nitrogen and oxygen atoms in total. The Labute approximate surface area is 178 Å². The van der Waals surface area contributed by atoms with Gasteiger partial charge in [-0.2, -0.15) is 0 Å². The van der Waals surface area contributed by atoms with Crippen LogP contribution in [0.1, 0.15) is 37.7 Å². The molecule has 0 spiro atoms. The van der Waals surface area contributed by atoms with Crippen molar-refractivity contribution in [2.45, 2.75) is 26.2 Å². The molecule has 0 bridgehead atoms. The number of benzene rings is 1. The van der Waals surface area contributed by atoms with E-state index in [1.807, 2.05) is 6.21 Å². The van der Waals surface area contributed by atoms with Crippen molar-refractivity contribution in [2.75, 3.05) is 19.5 Å². The van der Waals surface area contributed by atoms with Gasteiger partial charge >= 0.3 is 0 Å². The van der Waals surface area contributed by atoms with E-state index in [0.717, 1.165) is 34.7 Å². The lowest BCUT2D eigenvalue weighted by Gasteiger charge is -2.12. The fourth-order valence-electron chi connectivity index (χ4n) is 3.44. The number of hydrogen-bond donors (Lipinski definition) is 1. The Hall–Kier alpha value is -2.64. The van der Waals surface area contributed by atoms with Gasteiger partial charge in [-0.15, -0.1) is 22.7 Å². The molecule has 2 aromatic heterocycles. The minimum Gasteiger partial charge on any atom is -0.497 e. The third-order valence-corrected chi connectivity index (χ3v) is 7.14. The van der Waals surface area contributed by atoms with Gasteiger partial charge in [-0.05, 0) is 60.9 Å². The molecule has 0 saturated carbocycles. The minimum absolute atomic E-state index is 0.150. The number of carbonyl (C=O) groups is 1. The summed E-state index contributed by atoms with van der Waals surface area (Å²) in [4.78, 5) is 20.3. The van der Waals surface area contributed by atoms with Crippen molar-refractivity contribution >= 4 is 45.5 Å². The molecule has 1 aliphatic carbocycles. The van der Waals surface area contributed by atoms with Crippen LogP contribution in [0.5, 0.6) is 11.5 Å². The van der Waals surface area contributed by atoms with Crippen LogP contribution in [0.4, 0.5) is 10.7 Å². The van der Waals surface area contributed by atoms with Gasteiger partial charge in [0.2, 0.25) is 0 Å². The van der Waals surface area contributed by atoms with Gasteiger partial charge in [-0.1, -0.05) is 0 Å². The highest BCUT2D eigenvalue weighted by atomic mass is 32.1. The SMILES string of the molecule is COc1ccc(NC(=O)c2c(/N=C/c3sccc3C)sc3c2CCC3)c(OC)c1. The van der Waals surface area contributed by atoms with Crippen molar-refractivity contribution < 1.29 is 14.3 Å². The largest absolute Gasteiger partial charge is 0.497 e. The zero-order chi connectivity index (χ0) is 20.4. The molecule has 0 aliphatic heterocycles. The Bertz CT molecular complexity index is 1080. The number of methoxy groups -OCH3 is 2. The average molecular weight is 427 g/mol. The molecule has 1 aromatic carbocycles. The zero-order valence-corrected chi connectivity index (χ0v) is 18.2. The fraction of sp³-hybridized carbons (Fsp3) is 0.273.